The summed E-state index contributed by atoms with van der Waals surface area (Å²) in [6.07, 6.45) is 1.64. The molecule has 0 aliphatic carbocycles. The number of ether oxygens (including phenoxy) is 1. The highest BCUT2D eigenvalue weighted by Gasteiger charge is 2.12. The van der Waals surface area contributed by atoms with E-state index >= 15 is 0 Å². The zero-order valence-electron chi connectivity index (χ0n) is 9.20. The summed E-state index contributed by atoms with van der Waals surface area (Å²) in [4.78, 5) is 11.4. The molecule has 0 heterocycles. The Balaban J connectivity index is 2.78. The molecule has 0 aliphatic rings. The van der Waals surface area contributed by atoms with Gasteiger partial charge in [0.1, 0.15) is 11.3 Å². The summed E-state index contributed by atoms with van der Waals surface area (Å²) >= 11 is 5.58. The number of aryl methyl sites for hydroxylation is 1. The molecule has 0 unspecified atom stereocenters. The molecular formula is C12H15ClO3. The van der Waals surface area contributed by atoms with E-state index in [0.29, 0.717) is 12.5 Å². The molecule has 16 heavy (non-hydrogen) atoms. The highest BCUT2D eigenvalue weighted by molar-refractivity contribution is 6.17. The first-order chi connectivity index (χ1) is 7.69. The Hall–Kier alpha value is -1.22. The minimum Gasteiger partial charge on any atom is -0.507 e. The predicted octanol–water partition coefficient (Wildman–Crippen LogP) is 2.74. The number of carbonyl (C=O) groups is 1. The molecule has 1 N–H and O–H groups in total. The van der Waals surface area contributed by atoms with Crippen molar-refractivity contribution in [1.82, 2.24) is 0 Å². The van der Waals surface area contributed by atoms with Crippen molar-refractivity contribution >= 4 is 17.6 Å². The lowest BCUT2D eigenvalue weighted by atomic mass is 10.1. The van der Waals surface area contributed by atoms with Gasteiger partial charge in [0.15, 0.2) is 0 Å². The average molecular weight is 243 g/mol. The maximum absolute atomic E-state index is 11.4. The van der Waals surface area contributed by atoms with Gasteiger partial charge in [0.05, 0.1) is 6.61 Å². The van der Waals surface area contributed by atoms with E-state index < -0.39 is 5.97 Å². The van der Waals surface area contributed by atoms with Crippen LogP contribution in [0.25, 0.3) is 0 Å². The number of rotatable bonds is 5. The Morgan fingerprint density at radius 1 is 1.50 bits per heavy atom. The van der Waals surface area contributed by atoms with Crippen LogP contribution in [0.4, 0.5) is 0 Å². The number of phenols is 1. The zero-order valence-corrected chi connectivity index (χ0v) is 9.96. The van der Waals surface area contributed by atoms with Crippen molar-refractivity contribution in [2.45, 2.75) is 19.8 Å². The number of halogens is 1. The lowest BCUT2D eigenvalue weighted by molar-refractivity contribution is 0.0523. The maximum atomic E-state index is 11.4. The third kappa shape index (κ3) is 3.42. The van der Waals surface area contributed by atoms with Gasteiger partial charge in [-0.3, -0.25) is 0 Å². The van der Waals surface area contributed by atoms with Gasteiger partial charge in [0.2, 0.25) is 0 Å². The van der Waals surface area contributed by atoms with Crippen LogP contribution in [0.15, 0.2) is 18.2 Å². The van der Waals surface area contributed by atoms with Crippen LogP contribution >= 0.6 is 11.6 Å². The molecule has 0 bridgehead atoms. The number of benzene rings is 1. The highest BCUT2D eigenvalue weighted by Crippen LogP contribution is 2.20. The Labute approximate surface area is 100.0 Å². The molecule has 0 aliphatic heterocycles. The lowest BCUT2D eigenvalue weighted by Crippen LogP contribution is -2.05. The molecule has 88 valence electrons. The molecule has 3 nitrogen and oxygen atoms in total. The largest absolute Gasteiger partial charge is 0.507 e. The van der Waals surface area contributed by atoms with Crippen molar-refractivity contribution in [3.63, 3.8) is 0 Å². The third-order valence-electron chi connectivity index (χ3n) is 2.16. The van der Waals surface area contributed by atoms with E-state index in [9.17, 15) is 9.90 Å². The van der Waals surface area contributed by atoms with E-state index in [1.54, 1.807) is 25.1 Å². The van der Waals surface area contributed by atoms with Crippen LogP contribution in [0.1, 0.15) is 29.3 Å². The number of alkyl halides is 1. The molecule has 1 aromatic carbocycles. The third-order valence-corrected chi connectivity index (χ3v) is 2.42. The van der Waals surface area contributed by atoms with Gasteiger partial charge in [-0.2, -0.15) is 0 Å². The molecule has 0 saturated heterocycles. The molecule has 0 fully saturated rings. The first-order valence-electron chi connectivity index (χ1n) is 5.24. The van der Waals surface area contributed by atoms with Crippen LogP contribution in [-0.4, -0.2) is 23.6 Å². The molecule has 0 saturated carbocycles. The minimum atomic E-state index is -0.496. The van der Waals surface area contributed by atoms with Crippen LogP contribution < -0.4 is 0 Å². The van der Waals surface area contributed by atoms with E-state index in [0.717, 1.165) is 18.4 Å². The van der Waals surface area contributed by atoms with Crippen molar-refractivity contribution < 1.29 is 14.6 Å². The van der Waals surface area contributed by atoms with E-state index in [-0.39, 0.29) is 11.3 Å². The number of hydrogen-bond acceptors (Lipinski definition) is 3. The second-order valence-electron chi connectivity index (χ2n) is 3.36. The predicted molar refractivity (Wildman–Crippen MR) is 63.1 cm³/mol. The van der Waals surface area contributed by atoms with Crippen molar-refractivity contribution in [3.05, 3.63) is 29.3 Å². The molecule has 1 aromatic rings. The Morgan fingerprint density at radius 2 is 2.25 bits per heavy atom. The van der Waals surface area contributed by atoms with Crippen LogP contribution in [0, 0.1) is 0 Å². The second kappa shape index (κ2) is 6.38. The average Bonchev–Trinajstić information content (AvgIpc) is 2.26. The zero-order chi connectivity index (χ0) is 12.0. The van der Waals surface area contributed by atoms with Crippen molar-refractivity contribution in [1.29, 1.82) is 0 Å². The quantitative estimate of drug-likeness (QED) is 0.638. The summed E-state index contributed by atoms with van der Waals surface area (Å²) in [5, 5.41) is 9.65. The SMILES string of the molecule is CCOC(=O)c1ccc(CCCCl)cc1O. The normalized spacial score (nSPS) is 10.1. The molecule has 0 atom stereocenters. The molecule has 1 rings (SSSR count). The second-order valence-corrected chi connectivity index (χ2v) is 3.74. The molecule has 0 radical (unpaired) electrons. The standard InChI is InChI=1S/C12H15ClO3/c1-2-16-12(15)10-6-5-9(4-3-7-13)8-11(10)14/h5-6,8,14H,2-4,7H2,1H3. The van der Waals surface area contributed by atoms with Crippen molar-refractivity contribution in [2.24, 2.45) is 0 Å². The van der Waals surface area contributed by atoms with E-state index in [1.807, 2.05) is 0 Å². The number of phenolic OH excluding ortho intramolecular Hbond substituents is 1. The first kappa shape index (κ1) is 12.8. The Bertz CT molecular complexity index is 363. The summed E-state index contributed by atoms with van der Waals surface area (Å²) in [6, 6.07) is 4.97. The van der Waals surface area contributed by atoms with Crippen molar-refractivity contribution in [3.8, 4) is 5.75 Å². The topological polar surface area (TPSA) is 46.5 Å². The first-order valence-corrected chi connectivity index (χ1v) is 5.77. The summed E-state index contributed by atoms with van der Waals surface area (Å²) < 4.78 is 4.81. The smallest absolute Gasteiger partial charge is 0.341 e. The molecule has 0 aromatic heterocycles. The summed E-state index contributed by atoms with van der Waals surface area (Å²) in [5.74, 6) is 0.0508. The Kier molecular flexibility index (Phi) is 5.12. The fourth-order valence-electron chi connectivity index (χ4n) is 1.39. The fraction of sp³-hybridized carbons (Fsp3) is 0.417. The van der Waals surface area contributed by atoms with Gasteiger partial charge in [-0.1, -0.05) is 6.07 Å². The summed E-state index contributed by atoms with van der Waals surface area (Å²) in [5.41, 5.74) is 1.17. The minimum absolute atomic E-state index is 0.0366. The van der Waals surface area contributed by atoms with Gasteiger partial charge in [0.25, 0.3) is 0 Å². The van der Waals surface area contributed by atoms with Gasteiger partial charge in [0, 0.05) is 5.88 Å². The van der Waals surface area contributed by atoms with Crippen LogP contribution in [-0.2, 0) is 11.2 Å². The Morgan fingerprint density at radius 3 is 2.81 bits per heavy atom. The van der Waals surface area contributed by atoms with Gasteiger partial charge in [-0.15, -0.1) is 11.6 Å². The number of carbonyl (C=O) groups excluding carboxylic acids is 1. The van der Waals surface area contributed by atoms with Gasteiger partial charge in [-0.25, -0.2) is 4.79 Å². The van der Waals surface area contributed by atoms with Gasteiger partial charge < -0.3 is 9.84 Å². The van der Waals surface area contributed by atoms with Crippen molar-refractivity contribution in [2.75, 3.05) is 12.5 Å². The molecular weight excluding hydrogens is 228 g/mol. The van der Waals surface area contributed by atoms with E-state index in [1.165, 1.54) is 0 Å². The van der Waals surface area contributed by atoms with Crippen LogP contribution in [0.3, 0.4) is 0 Å². The maximum Gasteiger partial charge on any atom is 0.341 e. The number of esters is 1. The highest BCUT2D eigenvalue weighted by atomic mass is 35.5. The lowest BCUT2D eigenvalue weighted by Gasteiger charge is -2.06. The number of hydrogen-bond donors (Lipinski definition) is 1. The van der Waals surface area contributed by atoms with Gasteiger partial charge >= 0.3 is 5.97 Å². The summed E-state index contributed by atoms with van der Waals surface area (Å²) in [7, 11) is 0. The fourth-order valence-corrected chi connectivity index (χ4v) is 1.52. The number of aromatic hydroxyl groups is 1. The van der Waals surface area contributed by atoms with Crippen LogP contribution in [0.2, 0.25) is 0 Å². The van der Waals surface area contributed by atoms with Crippen LogP contribution in [0.5, 0.6) is 5.75 Å². The molecule has 4 heteroatoms. The van der Waals surface area contributed by atoms with E-state index in [2.05, 4.69) is 0 Å². The molecule has 0 amide bonds. The van der Waals surface area contributed by atoms with Gasteiger partial charge in [-0.05, 0) is 37.5 Å². The summed E-state index contributed by atoms with van der Waals surface area (Å²) in [6.45, 7) is 2.02. The van der Waals surface area contributed by atoms with E-state index in [4.69, 9.17) is 16.3 Å². The molecule has 0 spiro atoms. The monoisotopic (exact) mass is 242 g/mol.